The largest absolute Gasteiger partial charge is 0.467 e. The maximum absolute atomic E-state index is 12.0. The third kappa shape index (κ3) is 4.29. The van der Waals surface area contributed by atoms with Gasteiger partial charge in [-0.25, -0.2) is 4.79 Å². The van der Waals surface area contributed by atoms with Crippen LogP contribution in [0.15, 0.2) is 47.1 Å². The highest BCUT2D eigenvalue weighted by molar-refractivity contribution is 5.74. The smallest absolute Gasteiger partial charge is 0.315 e. The number of amides is 2. The van der Waals surface area contributed by atoms with Crippen LogP contribution in [0.5, 0.6) is 0 Å². The van der Waals surface area contributed by atoms with E-state index in [-0.39, 0.29) is 12.1 Å². The fraction of sp³-hybridized carbons (Fsp3) is 0.389. The van der Waals surface area contributed by atoms with E-state index >= 15 is 0 Å². The number of carbonyl (C=O) groups is 1. The number of carbonyl (C=O) groups excluding carboxylic acids is 1. The van der Waals surface area contributed by atoms with Gasteiger partial charge in [0.2, 0.25) is 0 Å². The molecular formula is C18H23N3O3. The summed E-state index contributed by atoms with van der Waals surface area (Å²) in [5, 5.41) is 5.72. The highest BCUT2D eigenvalue weighted by atomic mass is 16.5. The van der Waals surface area contributed by atoms with E-state index in [1.807, 2.05) is 13.0 Å². The number of rotatable bonds is 5. The van der Waals surface area contributed by atoms with Gasteiger partial charge in [-0.2, -0.15) is 0 Å². The third-order valence-electron chi connectivity index (χ3n) is 4.12. The lowest BCUT2D eigenvalue weighted by atomic mass is 10.1. The quantitative estimate of drug-likeness (QED) is 0.885. The molecule has 1 atom stereocenters. The van der Waals surface area contributed by atoms with Crippen LogP contribution in [0.1, 0.15) is 24.3 Å². The molecule has 0 aliphatic carbocycles. The van der Waals surface area contributed by atoms with Crippen molar-refractivity contribution >= 4 is 11.7 Å². The van der Waals surface area contributed by atoms with Crippen LogP contribution < -0.4 is 15.5 Å². The molecule has 2 aromatic rings. The number of benzene rings is 1. The van der Waals surface area contributed by atoms with Crippen molar-refractivity contribution < 1.29 is 13.9 Å². The van der Waals surface area contributed by atoms with Crippen LogP contribution in [0.25, 0.3) is 0 Å². The molecule has 6 heteroatoms. The minimum absolute atomic E-state index is 0.0691. The predicted molar refractivity (Wildman–Crippen MR) is 92.0 cm³/mol. The van der Waals surface area contributed by atoms with Gasteiger partial charge in [0.25, 0.3) is 0 Å². The molecular weight excluding hydrogens is 306 g/mol. The van der Waals surface area contributed by atoms with Crippen molar-refractivity contribution in [3.63, 3.8) is 0 Å². The average molecular weight is 329 g/mol. The van der Waals surface area contributed by atoms with Gasteiger partial charge >= 0.3 is 6.03 Å². The van der Waals surface area contributed by atoms with Gasteiger partial charge in [-0.05, 0) is 36.8 Å². The first-order valence-corrected chi connectivity index (χ1v) is 8.22. The van der Waals surface area contributed by atoms with E-state index in [2.05, 4.69) is 39.8 Å². The number of morpholine rings is 1. The lowest BCUT2D eigenvalue weighted by molar-refractivity contribution is 0.122. The normalized spacial score (nSPS) is 15.8. The van der Waals surface area contributed by atoms with Crippen LogP contribution in [-0.2, 0) is 11.3 Å². The van der Waals surface area contributed by atoms with Gasteiger partial charge in [0.05, 0.1) is 32.1 Å². The van der Waals surface area contributed by atoms with Gasteiger partial charge < -0.3 is 24.7 Å². The molecule has 1 unspecified atom stereocenters. The van der Waals surface area contributed by atoms with Crippen LogP contribution in [-0.4, -0.2) is 32.3 Å². The average Bonchev–Trinajstić information content (AvgIpc) is 3.14. The fourth-order valence-electron chi connectivity index (χ4n) is 2.71. The van der Waals surface area contributed by atoms with Gasteiger partial charge in [-0.3, -0.25) is 0 Å². The fourth-order valence-corrected chi connectivity index (χ4v) is 2.71. The highest BCUT2D eigenvalue weighted by Gasteiger charge is 2.13. The minimum atomic E-state index is -0.212. The maximum atomic E-state index is 12.0. The molecule has 1 aliphatic heterocycles. The lowest BCUT2D eigenvalue weighted by Crippen LogP contribution is -2.37. The molecule has 0 radical (unpaired) electrons. The Morgan fingerprint density at radius 1 is 1.21 bits per heavy atom. The first-order valence-electron chi connectivity index (χ1n) is 8.22. The van der Waals surface area contributed by atoms with Crippen molar-refractivity contribution in [2.24, 2.45) is 0 Å². The van der Waals surface area contributed by atoms with Gasteiger partial charge in [0.1, 0.15) is 5.76 Å². The molecule has 1 aliphatic rings. The minimum Gasteiger partial charge on any atom is -0.467 e. The Labute approximate surface area is 141 Å². The van der Waals surface area contributed by atoms with E-state index < -0.39 is 0 Å². The molecule has 2 heterocycles. The Balaban J connectivity index is 1.50. The molecule has 2 N–H and O–H groups in total. The van der Waals surface area contributed by atoms with E-state index in [0.29, 0.717) is 6.54 Å². The summed E-state index contributed by atoms with van der Waals surface area (Å²) in [6, 6.07) is 11.7. The SMILES string of the molecule is CC(NC(=O)NCc1ccco1)c1ccc(N2CCOCC2)cc1. The second kappa shape index (κ2) is 7.88. The van der Waals surface area contributed by atoms with Gasteiger partial charge in [-0.1, -0.05) is 12.1 Å². The highest BCUT2D eigenvalue weighted by Crippen LogP contribution is 2.20. The number of urea groups is 1. The van der Waals surface area contributed by atoms with Crippen LogP contribution in [0.2, 0.25) is 0 Å². The van der Waals surface area contributed by atoms with Gasteiger partial charge in [0, 0.05) is 18.8 Å². The van der Waals surface area contributed by atoms with E-state index in [9.17, 15) is 4.79 Å². The summed E-state index contributed by atoms with van der Waals surface area (Å²) in [6.07, 6.45) is 1.59. The summed E-state index contributed by atoms with van der Waals surface area (Å²) in [6.45, 7) is 5.73. The van der Waals surface area contributed by atoms with E-state index in [4.69, 9.17) is 9.15 Å². The molecule has 2 amide bonds. The summed E-state index contributed by atoms with van der Waals surface area (Å²) in [4.78, 5) is 14.3. The number of hydrogen-bond acceptors (Lipinski definition) is 4. The molecule has 128 valence electrons. The Kier molecular flexibility index (Phi) is 5.38. The zero-order valence-electron chi connectivity index (χ0n) is 13.8. The molecule has 1 fully saturated rings. The van der Waals surface area contributed by atoms with Crippen molar-refractivity contribution in [1.82, 2.24) is 10.6 Å². The predicted octanol–water partition coefficient (Wildman–Crippen LogP) is 2.68. The summed E-state index contributed by atoms with van der Waals surface area (Å²) in [7, 11) is 0. The topological polar surface area (TPSA) is 66.7 Å². The molecule has 24 heavy (non-hydrogen) atoms. The number of furan rings is 1. The molecule has 0 bridgehead atoms. The molecule has 6 nitrogen and oxygen atoms in total. The zero-order chi connectivity index (χ0) is 16.8. The summed E-state index contributed by atoms with van der Waals surface area (Å²) in [5.41, 5.74) is 2.26. The Morgan fingerprint density at radius 2 is 1.96 bits per heavy atom. The van der Waals surface area contributed by atoms with E-state index in [0.717, 1.165) is 37.6 Å². The summed E-state index contributed by atoms with van der Waals surface area (Å²) >= 11 is 0. The maximum Gasteiger partial charge on any atom is 0.315 e. The zero-order valence-corrected chi connectivity index (χ0v) is 13.8. The Hall–Kier alpha value is -2.47. The number of nitrogens with one attached hydrogen (secondary N) is 2. The van der Waals surface area contributed by atoms with Crippen molar-refractivity contribution in [2.45, 2.75) is 19.5 Å². The number of nitrogens with zero attached hydrogens (tertiary/aromatic N) is 1. The number of anilines is 1. The van der Waals surface area contributed by atoms with Gasteiger partial charge in [0.15, 0.2) is 0 Å². The molecule has 3 rings (SSSR count). The van der Waals surface area contributed by atoms with Crippen LogP contribution >= 0.6 is 0 Å². The summed E-state index contributed by atoms with van der Waals surface area (Å²) in [5.74, 6) is 0.729. The Bertz CT molecular complexity index is 634. The first-order chi connectivity index (χ1) is 11.7. The second-order valence-electron chi connectivity index (χ2n) is 5.82. The van der Waals surface area contributed by atoms with Crippen molar-refractivity contribution in [2.75, 3.05) is 31.2 Å². The van der Waals surface area contributed by atoms with Crippen molar-refractivity contribution in [3.8, 4) is 0 Å². The van der Waals surface area contributed by atoms with Crippen LogP contribution in [0.4, 0.5) is 10.5 Å². The summed E-state index contributed by atoms with van der Waals surface area (Å²) < 4.78 is 10.6. The lowest BCUT2D eigenvalue weighted by Gasteiger charge is -2.29. The standard InChI is InChI=1S/C18H23N3O3/c1-14(20-18(22)19-13-17-3-2-10-24-17)15-4-6-16(7-5-15)21-8-11-23-12-9-21/h2-7,10,14H,8-9,11-13H2,1H3,(H2,19,20,22). The Morgan fingerprint density at radius 3 is 2.62 bits per heavy atom. The van der Waals surface area contributed by atoms with Crippen molar-refractivity contribution in [1.29, 1.82) is 0 Å². The van der Waals surface area contributed by atoms with E-state index in [1.54, 1.807) is 12.3 Å². The first kappa shape index (κ1) is 16.4. The monoisotopic (exact) mass is 329 g/mol. The molecule has 0 spiro atoms. The van der Waals surface area contributed by atoms with Crippen molar-refractivity contribution in [3.05, 3.63) is 54.0 Å². The molecule has 1 aromatic carbocycles. The number of ether oxygens (including phenoxy) is 1. The molecule has 1 saturated heterocycles. The van der Waals surface area contributed by atoms with Crippen LogP contribution in [0, 0.1) is 0 Å². The van der Waals surface area contributed by atoms with Crippen LogP contribution in [0.3, 0.4) is 0 Å². The van der Waals surface area contributed by atoms with Gasteiger partial charge in [-0.15, -0.1) is 0 Å². The van der Waals surface area contributed by atoms with E-state index in [1.165, 1.54) is 5.69 Å². The molecule has 0 saturated carbocycles. The number of hydrogen-bond donors (Lipinski definition) is 2. The second-order valence-corrected chi connectivity index (χ2v) is 5.82. The molecule has 1 aromatic heterocycles. The third-order valence-corrected chi connectivity index (χ3v) is 4.12.